The van der Waals surface area contributed by atoms with Gasteiger partial charge in [-0.3, -0.25) is 4.79 Å². The van der Waals surface area contributed by atoms with E-state index in [0.717, 1.165) is 20.5 Å². The summed E-state index contributed by atoms with van der Waals surface area (Å²) in [7, 11) is 1.39. The zero-order valence-corrected chi connectivity index (χ0v) is 14.8. The first-order chi connectivity index (χ1) is 11.6. The Labute approximate surface area is 146 Å². The number of hydrogen-bond donors (Lipinski definition) is 1. The zero-order valence-electron chi connectivity index (χ0n) is 13.1. The predicted molar refractivity (Wildman–Crippen MR) is 94.3 cm³/mol. The van der Waals surface area contributed by atoms with E-state index in [2.05, 4.69) is 10.3 Å². The van der Waals surface area contributed by atoms with Crippen molar-refractivity contribution in [2.24, 2.45) is 0 Å². The molecule has 1 N–H and O–H groups in total. The fraction of sp³-hybridized carbons (Fsp3) is 0.176. The number of methoxy groups -OCH3 is 1. The third-order valence-electron chi connectivity index (χ3n) is 3.37. The Balaban J connectivity index is 1.64. The summed E-state index contributed by atoms with van der Waals surface area (Å²) in [5.41, 5.74) is 1.22. The molecule has 0 radical (unpaired) electrons. The molecule has 7 heteroatoms. The molecule has 0 bridgehead atoms. The molecule has 3 rings (SSSR count). The van der Waals surface area contributed by atoms with Crippen molar-refractivity contribution in [1.29, 1.82) is 0 Å². The van der Waals surface area contributed by atoms with Gasteiger partial charge in [-0.2, -0.15) is 0 Å². The highest BCUT2D eigenvalue weighted by molar-refractivity contribution is 7.16. The number of nitrogens with zero attached hydrogens (tertiary/aromatic N) is 1. The SMILES string of the molecule is COc1ccc(C(=O)NCc2ccc(-c3csc(C)n3)s2)cc1F. The number of aromatic nitrogens is 1. The van der Waals surface area contributed by atoms with Gasteiger partial charge in [0.1, 0.15) is 0 Å². The topological polar surface area (TPSA) is 51.2 Å². The number of nitrogens with one attached hydrogen (secondary N) is 1. The van der Waals surface area contributed by atoms with Crippen molar-refractivity contribution in [3.8, 4) is 16.3 Å². The Kier molecular flexibility index (Phi) is 4.92. The molecule has 0 saturated heterocycles. The lowest BCUT2D eigenvalue weighted by Gasteiger charge is -2.06. The number of carbonyl (C=O) groups is 1. The Morgan fingerprint density at radius 3 is 2.83 bits per heavy atom. The molecule has 4 nitrogen and oxygen atoms in total. The number of aryl methyl sites for hydroxylation is 1. The maximum Gasteiger partial charge on any atom is 0.251 e. The Hall–Kier alpha value is -2.25. The van der Waals surface area contributed by atoms with Crippen molar-refractivity contribution in [3.63, 3.8) is 0 Å². The van der Waals surface area contributed by atoms with Crippen LogP contribution in [0.15, 0.2) is 35.7 Å². The van der Waals surface area contributed by atoms with E-state index >= 15 is 0 Å². The second kappa shape index (κ2) is 7.11. The highest BCUT2D eigenvalue weighted by Crippen LogP contribution is 2.29. The molecular weight excluding hydrogens is 347 g/mol. The Morgan fingerprint density at radius 2 is 2.17 bits per heavy atom. The molecule has 0 atom stereocenters. The number of rotatable bonds is 5. The fourth-order valence-electron chi connectivity index (χ4n) is 2.16. The van der Waals surface area contributed by atoms with E-state index < -0.39 is 5.82 Å². The number of thiophene rings is 1. The summed E-state index contributed by atoms with van der Waals surface area (Å²) >= 11 is 3.19. The second-order valence-electron chi connectivity index (χ2n) is 5.05. The smallest absolute Gasteiger partial charge is 0.251 e. The molecule has 2 aromatic heterocycles. The Morgan fingerprint density at radius 1 is 1.33 bits per heavy atom. The van der Waals surface area contributed by atoms with Gasteiger partial charge in [-0.1, -0.05) is 0 Å². The van der Waals surface area contributed by atoms with Gasteiger partial charge in [-0.05, 0) is 37.3 Å². The van der Waals surface area contributed by atoms with Gasteiger partial charge in [-0.15, -0.1) is 22.7 Å². The van der Waals surface area contributed by atoms with Crippen LogP contribution in [-0.2, 0) is 6.54 Å². The molecule has 124 valence electrons. The summed E-state index contributed by atoms with van der Waals surface area (Å²) in [6, 6.07) is 8.11. The van der Waals surface area contributed by atoms with Gasteiger partial charge < -0.3 is 10.1 Å². The highest BCUT2D eigenvalue weighted by atomic mass is 32.1. The summed E-state index contributed by atoms with van der Waals surface area (Å²) in [6.07, 6.45) is 0. The van der Waals surface area contributed by atoms with Crippen molar-refractivity contribution >= 4 is 28.6 Å². The average molecular weight is 362 g/mol. The van der Waals surface area contributed by atoms with E-state index in [4.69, 9.17) is 4.74 Å². The second-order valence-corrected chi connectivity index (χ2v) is 7.28. The lowest BCUT2D eigenvalue weighted by Crippen LogP contribution is -2.22. The number of ether oxygens (including phenoxy) is 1. The quantitative estimate of drug-likeness (QED) is 0.738. The van der Waals surface area contributed by atoms with Crippen LogP contribution in [0.25, 0.3) is 10.6 Å². The molecule has 0 spiro atoms. The molecule has 3 aromatic rings. The Bertz CT molecular complexity index is 873. The molecule has 2 heterocycles. The van der Waals surface area contributed by atoms with Crippen molar-refractivity contribution in [2.45, 2.75) is 13.5 Å². The van der Waals surface area contributed by atoms with Crippen LogP contribution in [-0.4, -0.2) is 18.0 Å². The monoisotopic (exact) mass is 362 g/mol. The molecule has 0 aliphatic carbocycles. The number of thiazole rings is 1. The van der Waals surface area contributed by atoms with Crippen molar-refractivity contribution in [2.75, 3.05) is 7.11 Å². The summed E-state index contributed by atoms with van der Waals surface area (Å²) in [4.78, 5) is 18.7. The van der Waals surface area contributed by atoms with Gasteiger partial charge in [-0.25, -0.2) is 9.37 Å². The molecule has 1 aromatic carbocycles. The van der Waals surface area contributed by atoms with Crippen LogP contribution in [0.2, 0.25) is 0 Å². The fourth-order valence-corrected chi connectivity index (χ4v) is 3.76. The third kappa shape index (κ3) is 3.63. The highest BCUT2D eigenvalue weighted by Gasteiger charge is 2.11. The van der Waals surface area contributed by atoms with Gasteiger partial charge in [0, 0.05) is 15.8 Å². The van der Waals surface area contributed by atoms with Gasteiger partial charge in [0.2, 0.25) is 0 Å². The largest absolute Gasteiger partial charge is 0.494 e. The molecular formula is C17H15FN2O2S2. The number of carbonyl (C=O) groups excluding carboxylic acids is 1. The summed E-state index contributed by atoms with van der Waals surface area (Å²) in [5, 5.41) is 5.84. The summed E-state index contributed by atoms with van der Waals surface area (Å²) in [6.45, 7) is 2.36. The molecule has 0 aliphatic rings. The first-order valence-corrected chi connectivity index (χ1v) is 8.89. The lowest BCUT2D eigenvalue weighted by molar-refractivity contribution is 0.0951. The number of amides is 1. The maximum atomic E-state index is 13.7. The van der Waals surface area contributed by atoms with E-state index in [1.165, 1.54) is 25.3 Å². The van der Waals surface area contributed by atoms with Gasteiger partial charge >= 0.3 is 0 Å². The van der Waals surface area contributed by atoms with Gasteiger partial charge in [0.15, 0.2) is 11.6 Å². The van der Waals surface area contributed by atoms with Crippen LogP contribution in [0.4, 0.5) is 4.39 Å². The third-order valence-corrected chi connectivity index (χ3v) is 5.25. The minimum absolute atomic E-state index is 0.119. The average Bonchev–Trinajstić information content (AvgIpc) is 3.21. The molecule has 0 aliphatic heterocycles. The van der Waals surface area contributed by atoms with E-state index in [1.807, 2.05) is 24.4 Å². The molecule has 0 saturated carbocycles. The van der Waals surface area contributed by atoms with E-state index in [9.17, 15) is 9.18 Å². The van der Waals surface area contributed by atoms with Crippen molar-refractivity contribution < 1.29 is 13.9 Å². The van der Waals surface area contributed by atoms with Crippen molar-refractivity contribution in [1.82, 2.24) is 10.3 Å². The molecule has 0 unspecified atom stereocenters. The van der Waals surface area contributed by atoms with Crippen LogP contribution >= 0.6 is 22.7 Å². The van der Waals surface area contributed by atoms with Crippen LogP contribution in [0, 0.1) is 12.7 Å². The standard InChI is InChI=1S/C17H15FN2O2S2/c1-10-20-14(9-23-10)16-6-4-12(24-16)8-19-17(21)11-3-5-15(22-2)13(18)7-11/h3-7,9H,8H2,1-2H3,(H,19,21). The predicted octanol–water partition coefficient (Wildman–Crippen LogP) is 4.26. The molecule has 0 fully saturated rings. The minimum atomic E-state index is -0.553. The minimum Gasteiger partial charge on any atom is -0.494 e. The number of halogens is 1. The first kappa shape index (κ1) is 16.6. The van der Waals surface area contributed by atoms with E-state index in [-0.39, 0.29) is 17.2 Å². The molecule has 24 heavy (non-hydrogen) atoms. The van der Waals surface area contributed by atoms with Crippen molar-refractivity contribution in [3.05, 3.63) is 57.0 Å². The summed E-state index contributed by atoms with van der Waals surface area (Å²) in [5.74, 6) is -0.758. The lowest BCUT2D eigenvalue weighted by atomic mass is 10.2. The number of hydrogen-bond acceptors (Lipinski definition) is 5. The normalized spacial score (nSPS) is 10.6. The van der Waals surface area contributed by atoms with Crippen LogP contribution in [0.1, 0.15) is 20.2 Å². The summed E-state index contributed by atoms with van der Waals surface area (Å²) < 4.78 is 18.5. The van der Waals surface area contributed by atoms with Crippen LogP contribution in [0.3, 0.4) is 0 Å². The van der Waals surface area contributed by atoms with E-state index in [1.54, 1.807) is 22.7 Å². The number of benzene rings is 1. The zero-order chi connectivity index (χ0) is 17.1. The first-order valence-electron chi connectivity index (χ1n) is 7.20. The van der Waals surface area contributed by atoms with Crippen LogP contribution < -0.4 is 10.1 Å². The van der Waals surface area contributed by atoms with E-state index in [0.29, 0.717) is 6.54 Å². The molecule has 1 amide bonds. The maximum absolute atomic E-state index is 13.7. The van der Waals surface area contributed by atoms with Gasteiger partial charge in [0.25, 0.3) is 5.91 Å². The van der Waals surface area contributed by atoms with Crippen LogP contribution in [0.5, 0.6) is 5.75 Å². The van der Waals surface area contributed by atoms with Gasteiger partial charge in [0.05, 0.1) is 29.2 Å².